The van der Waals surface area contributed by atoms with E-state index in [1.165, 1.54) is 31.4 Å². The van der Waals surface area contributed by atoms with Gasteiger partial charge in [0.2, 0.25) is 0 Å². The molecule has 0 unspecified atom stereocenters. The smallest absolute Gasteiger partial charge is 0.155 e. The standard InChI is InChI=1S/C21H32N4O/c1-14-11-18(19-13-22-9-10-26-19)25-20(23-14)12-17(24-25)15-5-7-16(8-6-15)21(2,3)4/h11-12,15-16,19,22H,5-10,13H2,1-4H3/t15-,16-,19-/m1/s1. The van der Waals surface area contributed by atoms with E-state index in [0.29, 0.717) is 11.3 Å². The number of hydrogen-bond acceptors (Lipinski definition) is 4. The average molecular weight is 357 g/mol. The molecule has 0 aromatic carbocycles. The van der Waals surface area contributed by atoms with Gasteiger partial charge in [0.25, 0.3) is 0 Å². The van der Waals surface area contributed by atoms with Crippen molar-refractivity contribution in [3.05, 3.63) is 29.2 Å². The predicted octanol–water partition coefficient (Wildman–Crippen LogP) is 4.02. The molecular formula is C21H32N4O. The minimum atomic E-state index is 0.0531. The number of morpholine rings is 1. The number of fused-ring (bicyclic) bond motifs is 1. The summed E-state index contributed by atoms with van der Waals surface area (Å²) < 4.78 is 8.01. The summed E-state index contributed by atoms with van der Waals surface area (Å²) in [7, 11) is 0. The molecule has 1 aliphatic heterocycles. The molecule has 3 heterocycles. The number of aryl methyl sites for hydroxylation is 1. The van der Waals surface area contributed by atoms with Crippen LogP contribution in [0.2, 0.25) is 0 Å². The molecule has 1 N–H and O–H groups in total. The van der Waals surface area contributed by atoms with Crippen LogP contribution in [0.1, 0.15) is 75.6 Å². The second-order valence-electron chi connectivity index (χ2n) is 9.14. The van der Waals surface area contributed by atoms with Gasteiger partial charge >= 0.3 is 0 Å². The molecule has 1 saturated heterocycles. The van der Waals surface area contributed by atoms with Gasteiger partial charge < -0.3 is 10.1 Å². The molecule has 2 aromatic heterocycles. The summed E-state index contributed by atoms with van der Waals surface area (Å²) in [6.07, 6.45) is 5.13. The second kappa shape index (κ2) is 6.93. The molecule has 0 radical (unpaired) electrons. The Morgan fingerprint density at radius 1 is 1.15 bits per heavy atom. The van der Waals surface area contributed by atoms with Gasteiger partial charge in [-0.3, -0.25) is 0 Å². The third-order valence-electron chi connectivity index (χ3n) is 6.23. The minimum Gasteiger partial charge on any atom is -0.369 e. The zero-order chi connectivity index (χ0) is 18.3. The molecule has 0 bridgehead atoms. The first-order valence-electron chi connectivity index (χ1n) is 10.1. The first-order chi connectivity index (χ1) is 12.4. The van der Waals surface area contributed by atoms with Crippen molar-refractivity contribution in [2.45, 2.75) is 65.4 Å². The summed E-state index contributed by atoms with van der Waals surface area (Å²) in [5.41, 5.74) is 4.74. The summed E-state index contributed by atoms with van der Waals surface area (Å²) in [5.74, 6) is 1.39. The number of nitrogens with one attached hydrogen (secondary N) is 1. The fraction of sp³-hybridized carbons (Fsp3) is 0.714. The Morgan fingerprint density at radius 2 is 1.92 bits per heavy atom. The Kier molecular flexibility index (Phi) is 4.78. The fourth-order valence-electron chi connectivity index (χ4n) is 4.59. The molecule has 1 saturated carbocycles. The number of aromatic nitrogens is 3. The fourth-order valence-corrected chi connectivity index (χ4v) is 4.59. The quantitative estimate of drug-likeness (QED) is 0.883. The highest BCUT2D eigenvalue weighted by molar-refractivity contribution is 5.43. The molecule has 142 valence electrons. The lowest BCUT2D eigenvalue weighted by molar-refractivity contribution is 0.0236. The van der Waals surface area contributed by atoms with Crippen LogP contribution in [-0.4, -0.2) is 34.3 Å². The van der Waals surface area contributed by atoms with E-state index in [9.17, 15) is 0 Å². The Morgan fingerprint density at radius 3 is 2.58 bits per heavy atom. The highest BCUT2D eigenvalue weighted by Crippen LogP contribution is 2.43. The first kappa shape index (κ1) is 17.9. The van der Waals surface area contributed by atoms with E-state index in [1.54, 1.807) is 0 Å². The molecule has 5 heteroatoms. The maximum atomic E-state index is 5.98. The van der Waals surface area contributed by atoms with Crippen molar-refractivity contribution < 1.29 is 4.74 Å². The van der Waals surface area contributed by atoms with E-state index < -0.39 is 0 Å². The van der Waals surface area contributed by atoms with E-state index in [1.807, 2.05) is 4.52 Å². The minimum absolute atomic E-state index is 0.0531. The van der Waals surface area contributed by atoms with Gasteiger partial charge in [0.1, 0.15) is 6.10 Å². The van der Waals surface area contributed by atoms with Crippen LogP contribution in [0.25, 0.3) is 5.65 Å². The van der Waals surface area contributed by atoms with Crippen molar-refractivity contribution in [2.24, 2.45) is 11.3 Å². The van der Waals surface area contributed by atoms with Gasteiger partial charge in [-0.2, -0.15) is 5.10 Å². The Balaban J connectivity index is 1.60. The molecular weight excluding hydrogens is 324 g/mol. The van der Waals surface area contributed by atoms with E-state index in [0.717, 1.165) is 42.6 Å². The van der Waals surface area contributed by atoms with Crippen molar-refractivity contribution in [3.8, 4) is 0 Å². The van der Waals surface area contributed by atoms with Crippen LogP contribution in [0.15, 0.2) is 12.1 Å². The molecule has 5 nitrogen and oxygen atoms in total. The van der Waals surface area contributed by atoms with Crippen LogP contribution in [0.5, 0.6) is 0 Å². The van der Waals surface area contributed by atoms with Crippen molar-refractivity contribution >= 4 is 5.65 Å². The van der Waals surface area contributed by atoms with E-state index in [4.69, 9.17) is 14.8 Å². The molecule has 2 aliphatic rings. The third-order valence-corrected chi connectivity index (χ3v) is 6.23. The lowest BCUT2D eigenvalue weighted by Crippen LogP contribution is -2.34. The lowest BCUT2D eigenvalue weighted by Gasteiger charge is -2.36. The van der Waals surface area contributed by atoms with Crippen LogP contribution < -0.4 is 5.32 Å². The van der Waals surface area contributed by atoms with Crippen molar-refractivity contribution in [1.29, 1.82) is 0 Å². The molecule has 1 aliphatic carbocycles. The Bertz CT molecular complexity index is 762. The number of nitrogens with zero attached hydrogens (tertiary/aromatic N) is 3. The van der Waals surface area contributed by atoms with E-state index in [2.05, 4.69) is 45.1 Å². The van der Waals surface area contributed by atoms with Crippen LogP contribution in [0, 0.1) is 18.3 Å². The highest BCUT2D eigenvalue weighted by atomic mass is 16.5. The Hall–Kier alpha value is -1.46. The summed E-state index contributed by atoms with van der Waals surface area (Å²) in [6.45, 7) is 11.7. The van der Waals surface area contributed by atoms with Crippen LogP contribution in [0.4, 0.5) is 0 Å². The molecule has 1 atom stereocenters. The average Bonchev–Trinajstić information content (AvgIpc) is 3.05. The summed E-state index contributed by atoms with van der Waals surface area (Å²) in [5, 5.41) is 8.41. The molecule has 2 aromatic rings. The molecule has 26 heavy (non-hydrogen) atoms. The third kappa shape index (κ3) is 3.52. The van der Waals surface area contributed by atoms with Gasteiger partial charge in [0.05, 0.1) is 18.0 Å². The highest BCUT2D eigenvalue weighted by Gasteiger charge is 2.31. The number of hydrogen-bond donors (Lipinski definition) is 1. The van der Waals surface area contributed by atoms with E-state index >= 15 is 0 Å². The molecule has 2 fully saturated rings. The zero-order valence-electron chi connectivity index (χ0n) is 16.6. The van der Waals surface area contributed by atoms with Crippen molar-refractivity contribution in [2.75, 3.05) is 19.7 Å². The first-order valence-corrected chi connectivity index (χ1v) is 10.1. The molecule has 4 rings (SSSR count). The molecule has 0 spiro atoms. The zero-order valence-corrected chi connectivity index (χ0v) is 16.6. The van der Waals surface area contributed by atoms with Gasteiger partial charge in [-0.15, -0.1) is 0 Å². The van der Waals surface area contributed by atoms with Crippen molar-refractivity contribution in [3.63, 3.8) is 0 Å². The topological polar surface area (TPSA) is 51.5 Å². The lowest BCUT2D eigenvalue weighted by atomic mass is 9.69. The van der Waals surface area contributed by atoms with Gasteiger partial charge in [0.15, 0.2) is 5.65 Å². The second-order valence-corrected chi connectivity index (χ2v) is 9.14. The number of ether oxygens (including phenoxy) is 1. The van der Waals surface area contributed by atoms with Crippen LogP contribution in [0.3, 0.4) is 0 Å². The van der Waals surface area contributed by atoms with E-state index in [-0.39, 0.29) is 6.10 Å². The van der Waals surface area contributed by atoms with Gasteiger partial charge in [-0.1, -0.05) is 20.8 Å². The summed E-state index contributed by atoms with van der Waals surface area (Å²) in [6, 6.07) is 4.33. The SMILES string of the molecule is Cc1cc([C@H]2CNCCO2)n2nc([C@H]3CC[C@H](C(C)(C)C)CC3)cc2n1. The van der Waals surface area contributed by atoms with Gasteiger partial charge in [0, 0.05) is 30.8 Å². The maximum absolute atomic E-state index is 5.98. The summed E-state index contributed by atoms with van der Waals surface area (Å²) in [4.78, 5) is 4.73. The largest absolute Gasteiger partial charge is 0.369 e. The molecule has 0 amide bonds. The van der Waals surface area contributed by atoms with Crippen LogP contribution in [-0.2, 0) is 4.74 Å². The predicted molar refractivity (Wildman–Crippen MR) is 103 cm³/mol. The van der Waals surface area contributed by atoms with Crippen LogP contribution >= 0.6 is 0 Å². The maximum Gasteiger partial charge on any atom is 0.155 e. The number of rotatable bonds is 2. The monoisotopic (exact) mass is 356 g/mol. The van der Waals surface area contributed by atoms with Gasteiger partial charge in [-0.05, 0) is 50.0 Å². The van der Waals surface area contributed by atoms with Gasteiger partial charge in [-0.25, -0.2) is 9.50 Å². The summed E-state index contributed by atoms with van der Waals surface area (Å²) >= 11 is 0. The Labute approximate surface area is 156 Å². The normalized spacial score (nSPS) is 27.8. The van der Waals surface area contributed by atoms with Crippen molar-refractivity contribution in [1.82, 2.24) is 19.9 Å².